The molecular formula is C44H94O3P2S3. The first-order chi connectivity index (χ1) is 25.7. The van der Waals surface area contributed by atoms with Gasteiger partial charge < -0.3 is 13.9 Å². The second-order valence-electron chi connectivity index (χ2n) is 14.9. The highest BCUT2D eigenvalue weighted by atomic mass is 33.4. The Morgan fingerprint density at radius 1 is 0.308 bits per heavy atom. The van der Waals surface area contributed by atoms with Crippen molar-refractivity contribution in [1.82, 2.24) is 0 Å². The molecule has 0 bridgehead atoms. The summed E-state index contributed by atoms with van der Waals surface area (Å²) in [4.78, 5) is 9.12. The Kier molecular flexibility index (Phi) is 56.7. The topological polar surface area (TPSA) is 38.7 Å². The van der Waals surface area contributed by atoms with E-state index in [1.54, 1.807) is 0 Å². The monoisotopic (exact) mass is 829 g/mol. The molecule has 3 nitrogen and oxygen atoms in total. The summed E-state index contributed by atoms with van der Waals surface area (Å²) in [6.45, 7) is 12.3. The summed E-state index contributed by atoms with van der Waals surface area (Å²) in [6, 6.07) is 0. The lowest BCUT2D eigenvalue weighted by molar-refractivity contribution is 0.196. The van der Waals surface area contributed by atoms with E-state index in [2.05, 4.69) is 68.8 Å². The molecular weight excluding hydrogens is 735 g/mol. The van der Waals surface area contributed by atoms with Gasteiger partial charge in [0.15, 0.2) is 0 Å². The maximum Gasteiger partial charge on any atom is 0.329 e. The second kappa shape index (κ2) is 52.8. The van der Waals surface area contributed by atoms with Crippen LogP contribution in [0.4, 0.5) is 0 Å². The molecule has 0 aromatic heterocycles. The fourth-order valence-electron chi connectivity index (χ4n) is 5.91. The average Bonchev–Trinajstić information content (AvgIpc) is 3.15. The molecule has 0 aliphatic rings. The summed E-state index contributed by atoms with van der Waals surface area (Å²) in [7, 11) is -1.60. The Morgan fingerprint density at radius 3 is 0.750 bits per heavy atom. The van der Waals surface area contributed by atoms with Gasteiger partial charge in [-0.15, -0.1) is 34.1 Å². The van der Waals surface area contributed by atoms with E-state index in [9.17, 15) is 0 Å². The molecule has 0 unspecified atom stereocenters. The zero-order valence-electron chi connectivity index (χ0n) is 36.0. The molecule has 0 aliphatic carbocycles. The van der Waals surface area contributed by atoms with Crippen LogP contribution in [0.25, 0.3) is 0 Å². The number of hydrogen-bond acceptors (Lipinski definition) is 6. The molecule has 0 fully saturated rings. The van der Waals surface area contributed by atoms with E-state index in [-0.39, 0.29) is 5.53 Å². The second-order valence-corrected chi connectivity index (χ2v) is 26.0. The van der Waals surface area contributed by atoms with Gasteiger partial charge in [0.05, 0.1) is 18.7 Å². The molecule has 8 heteroatoms. The first-order valence-corrected chi connectivity index (χ1v) is 30.3. The molecule has 316 valence electrons. The Bertz CT molecular complexity index is 537. The lowest BCUT2D eigenvalue weighted by Gasteiger charge is -2.15. The van der Waals surface area contributed by atoms with Crippen LogP contribution in [-0.4, -0.2) is 35.4 Å². The van der Waals surface area contributed by atoms with Gasteiger partial charge in [-0.05, 0) is 49.4 Å². The molecule has 0 spiro atoms. The van der Waals surface area contributed by atoms with E-state index in [1.165, 1.54) is 210 Å². The van der Waals surface area contributed by atoms with Gasteiger partial charge in [0.1, 0.15) is 0 Å². The van der Waals surface area contributed by atoms with Gasteiger partial charge in [0.25, 0.3) is 0 Å². The van der Waals surface area contributed by atoms with Crippen LogP contribution in [0.3, 0.4) is 0 Å². The Labute approximate surface area is 343 Å². The maximum atomic E-state index is 9.12. The van der Waals surface area contributed by atoms with Crippen molar-refractivity contribution in [2.24, 2.45) is 0 Å². The van der Waals surface area contributed by atoms with Crippen molar-refractivity contribution in [2.75, 3.05) is 30.5 Å². The van der Waals surface area contributed by atoms with Crippen LogP contribution in [0.2, 0.25) is 0 Å². The minimum absolute atomic E-state index is 0.0804. The van der Waals surface area contributed by atoms with Crippen molar-refractivity contribution in [3.8, 4) is 0 Å². The van der Waals surface area contributed by atoms with Crippen LogP contribution < -0.4 is 0 Å². The van der Waals surface area contributed by atoms with E-state index in [1.807, 2.05) is 0 Å². The highest BCUT2D eigenvalue weighted by molar-refractivity contribution is 9.12. The average molecular weight is 829 g/mol. The molecule has 0 aromatic carbocycles. The van der Waals surface area contributed by atoms with Gasteiger partial charge in [-0.3, -0.25) is 0 Å². The summed E-state index contributed by atoms with van der Waals surface area (Å²) in [5, 5.41) is 0. The van der Waals surface area contributed by atoms with Crippen LogP contribution in [0.1, 0.15) is 253 Å². The molecule has 0 rings (SSSR count). The van der Waals surface area contributed by atoms with Crippen LogP contribution in [-0.2, 0) is 9.05 Å². The molecule has 0 aromatic rings. The third kappa shape index (κ3) is 51.8. The Hall–Kier alpha value is 1.79. The molecule has 0 saturated carbocycles. The number of rotatable bonds is 44. The largest absolute Gasteiger partial charge is 0.329 e. The predicted octanol–water partition coefficient (Wildman–Crippen LogP) is 19.0. The fourth-order valence-corrected chi connectivity index (χ4v) is 17.4. The predicted molar refractivity (Wildman–Crippen MR) is 251 cm³/mol. The highest BCUT2D eigenvalue weighted by Gasteiger charge is 2.11. The van der Waals surface area contributed by atoms with Crippen LogP contribution >= 0.6 is 48.3 Å². The van der Waals surface area contributed by atoms with Gasteiger partial charge in [-0.1, -0.05) is 221 Å². The van der Waals surface area contributed by atoms with Crippen molar-refractivity contribution < 1.29 is 13.9 Å². The van der Waals surface area contributed by atoms with Gasteiger partial charge in [0, 0.05) is 0 Å². The molecule has 0 radical (unpaired) electrons. The van der Waals surface area contributed by atoms with Crippen molar-refractivity contribution >= 4 is 48.3 Å². The highest BCUT2D eigenvalue weighted by Crippen LogP contribution is 2.70. The molecule has 0 heterocycles. The summed E-state index contributed by atoms with van der Waals surface area (Å²) in [6.07, 6.45) is 47.9. The normalized spacial score (nSPS) is 11.5. The lowest BCUT2D eigenvalue weighted by Crippen LogP contribution is -1.94. The SMILES string of the molecule is CCCCCCCCCCCCSP(SCCCCCCCCCCCC)SCCCCCCCCCCCC.CCCCOP(O)OCCCC. The van der Waals surface area contributed by atoms with Gasteiger partial charge in [0.2, 0.25) is 0 Å². The first kappa shape index (κ1) is 55.9. The number of unbranched alkanes of at least 4 members (excludes halogenated alkanes) is 29. The van der Waals surface area contributed by atoms with E-state index in [4.69, 9.17) is 13.9 Å². The molecule has 1 N–H and O–H groups in total. The zero-order valence-corrected chi connectivity index (χ0v) is 40.2. The van der Waals surface area contributed by atoms with Crippen molar-refractivity contribution in [1.29, 1.82) is 0 Å². The Balaban J connectivity index is 0. The van der Waals surface area contributed by atoms with E-state index >= 15 is 0 Å². The number of hydrogen-bond donors (Lipinski definition) is 1. The standard InChI is InChI=1S/C36H75PS3.C8H19O3P/c1-4-7-10-13-16-19-22-25-28-31-34-38-37(39-35-32-29-26-23-20-17-14-11-8-5-2)40-36-33-30-27-24-21-18-15-12-9-6-3;1-3-5-7-10-12(9)11-8-6-4-2/h4-36H2,1-3H3;9H,3-8H2,1-2H3. The quantitative estimate of drug-likeness (QED) is 0.0487. The smallest absolute Gasteiger partial charge is 0.328 e. The molecule has 0 saturated heterocycles. The van der Waals surface area contributed by atoms with Crippen LogP contribution in [0.5, 0.6) is 0 Å². The van der Waals surface area contributed by atoms with Crippen molar-refractivity contribution in [2.45, 2.75) is 253 Å². The lowest BCUT2D eigenvalue weighted by atomic mass is 10.1. The molecule has 52 heavy (non-hydrogen) atoms. The van der Waals surface area contributed by atoms with Gasteiger partial charge in [-0.25, -0.2) is 0 Å². The molecule has 0 aliphatic heterocycles. The molecule has 0 atom stereocenters. The fraction of sp³-hybridized carbons (Fsp3) is 1.00. The third-order valence-electron chi connectivity index (χ3n) is 9.48. The van der Waals surface area contributed by atoms with E-state index in [0.717, 1.165) is 25.7 Å². The van der Waals surface area contributed by atoms with E-state index in [0.29, 0.717) is 13.2 Å². The zero-order chi connectivity index (χ0) is 38.3. The van der Waals surface area contributed by atoms with Crippen LogP contribution in [0.15, 0.2) is 0 Å². The van der Waals surface area contributed by atoms with Gasteiger partial charge in [-0.2, -0.15) is 0 Å². The first-order valence-electron chi connectivity index (χ1n) is 23.1. The molecule has 0 amide bonds. The summed E-state index contributed by atoms with van der Waals surface area (Å²) >= 11 is 7.06. The van der Waals surface area contributed by atoms with Crippen molar-refractivity contribution in [3.05, 3.63) is 0 Å². The minimum Gasteiger partial charge on any atom is -0.328 e. The maximum absolute atomic E-state index is 9.12. The summed E-state index contributed by atoms with van der Waals surface area (Å²) in [5.41, 5.74) is 0.0804. The summed E-state index contributed by atoms with van der Waals surface area (Å²) in [5.74, 6) is 4.24. The van der Waals surface area contributed by atoms with Gasteiger partial charge >= 0.3 is 8.60 Å². The third-order valence-corrected chi connectivity index (χ3v) is 21.6. The Morgan fingerprint density at radius 2 is 0.519 bits per heavy atom. The van der Waals surface area contributed by atoms with Crippen LogP contribution in [0, 0.1) is 0 Å². The van der Waals surface area contributed by atoms with E-state index < -0.39 is 8.60 Å². The minimum atomic E-state index is -1.60. The summed E-state index contributed by atoms with van der Waals surface area (Å²) < 4.78 is 10.1. The van der Waals surface area contributed by atoms with Crippen molar-refractivity contribution in [3.63, 3.8) is 0 Å².